The second kappa shape index (κ2) is 4.38. The lowest BCUT2D eigenvalue weighted by molar-refractivity contribution is -0.137. The van der Waals surface area contributed by atoms with Crippen molar-refractivity contribution in [2.45, 2.75) is 12.3 Å². The number of hydrogen-bond acceptors (Lipinski definition) is 5. The third-order valence-electron chi connectivity index (χ3n) is 1.90. The molecule has 2 aromatic rings. The van der Waals surface area contributed by atoms with Crippen molar-refractivity contribution >= 4 is 11.3 Å². The van der Waals surface area contributed by atoms with Crippen LogP contribution in [0.5, 0.6) is 0 Å². The molecule has 4 nitrogen and oxygen atoms in total. The fourth-order valence-electron chi connectivity index (χ4n) is 1.14. The molecule has 2 rings (SSSR count). The van der Waals surface area contributed by atoms with E-state index in [0.717, 1.165) is 6.20 Å². The number of aliphatic hydroxyl groups is 1. The van der Waals surface area contributed by atoms with E-state index in [0.29, 0.717) is 11.3 Å². The molecule has 0 aliphatic carbocycles. The predicted octanol–water partition coefficient (Wildman–Crippen LogP) is 2.03. The molecule has 0 fully saturated rings. The maximum absolute atomic E-state index is 12.3. The van der Waals surface area contributed by atoms with Crippen molar-refractivity contribution in [3.05, 3.63) is 40.4 Å². The molecule has 0 amide bonds. The van der Waals surface area contributed by atoms with E-state index in [1.54, 1.807) is 0 Å². The van der Waals surface area contributed by atoms with Crippen molar-refractivity contribution in [2.24, 2.45) is 0 Å². The number of halogens is 3. The van der Waals surface area contributed by atoms with Gasteiger partial charge >= 0.3 is 6.18 Å². The fraction of sp³-hybridized carbons (Fsp3) is 0.222. The second-order valence-corrected chi connectivity index (χ2v) is 4.16. The minimum Gasteiger partial charge on any atom is -0.381 e. The minimum absolute atomic E-state index is 0.0813. The highest BCUT2D eigenvalue weighted by Crippen LogP contribution is 2.35. The molecule has 8 heteroatoms. The molecule has 17 heavy (non-hydrogen) atoms. The first-order valence-corrected chi connectivity index (χ1v) is 5.27. The van der Waals surface area contributed by atoms with Crippen LogP contribution in [0, 0.1) is 0 Å². The normalized spacial score (nSPS) is 13.6. The first kappa shape index (κ1) is 11.9. The van der Waals surface area contributed by atoms with E-state index in [4.69, 9.17) is 0 Å². The molecule has 0 aliphatic heterocycles. The maximum atomic E-state index is 12.3. The van der Waals surface area contributed by atoms with Gasteiger partial charge in [-0.1, -0.05) is 0 Å². The van der Waals surface area contributed by atoms with Gasteiger partial charge in [0.25, 0.3) is 0 Å². The Morgan fingerprint density at radius 2 is 1.94 bits per heavy atom. The zero-order chi connectivity index (χ0) is 12.5. The first-order chi connectivity index (χ1) is 7.98. The summed E-state index contributed by atoms with van der Waals surface area (Å²) in [5, 5.41) is 8.78. The van der Waals surface area contributed by atoms with Gasteiger partial charge in [0.1, 0.15) is 6.10 Å². The standard InChI is InChI=1S/C9H6F3N3OS/c10-9(11,12)8-15-4-6(17-8)7(16)5-3-13-1-2-14-5/h1-4,7,16H. The zero-order valence-corrected chi connectivity index (χ0v) is 9.03. The molecule has 90 valence electrons. The van der Waals surface area contributed by atoms with Gasteiger partial charge < -0.3 is 5.11 Å². The summed E-state index contributed by atoms with van der Waals surface area (Å²) in [6, 6.07) is 0. The van der Waals surface area contributed by atoms with Crippen LogP contribution in [0.15, 0.2) is 24.8 Å². The summed E-state index contributed by atoms with van der Waals surface area (Å²) >= 11 is 0.389. The summed E-state index contributed by atoms with van der Waals surface area (Å²) < 4.78 is 36.9. The molecule has 0 radical (unpaired) electrons. The number of rotatable bonds is 2. The van der Waals surface area contributed by atoms with Crippen LogP contribution in [-0.2, 0) is 6.18 Å². The number of hydrogen-bond donors (Lipinski definition) is 1. The van der Waals surface area contributed by atoms with Gasteiger partial charge in [-0.05, 0) is 0 Å². The van der Waals surface area contributed by atoms with E-state index in [2.05, 4.69) is 15.0 Å². The number of alkyl halides is 3. The van der Waals surface area contributed by atoms with Crippen molar-refractivity contribution in [3.63, 3.8) is 0 Å². The smallest absolute Gasteiger partial charge is 0.381 e. The Hall–Kier alpha value is -1.54. The topological polar surface area (TPSA) is 58.9 Å². The van der Waals surface area contributed by atoms with Gasteiger partial charge in [-0.3, -0.25) is 9.97 Å². The molecule has 1 atom stereocenters. The Balaban J connectivity index is 2.27. The lowest BCUT2D eigenvalue weighted by atomic mass is 10.2. The van der Waals surface area contributed by atoms with Gasteiger partial charge in [0.15, 0.2) is 5.01 Å². The number of thiazole rings is 1. The van der Waals surface area contributed by atoms with Gasteiger partial charge in [-0.15, -0.1) is 11.3 Å². The Morgan fingerprint density at radius 3 is 2.47 bits per heavy atom. The summed E-state index contributed by atoms with van der Waals surface area (Å²) in [7, 11) is 0. The number of aliphatic hydroxyl groups excluding tert-OH is 1. The van der Waals surface area contributed by atoms with Crippen LogP contribution >= 0.6 is 11.3 Å². The summed E-state index contributed by atoms with van der Waals surface area (Å²) in [6.45, 7) is 0. The predicted molar refractivity (Wildman–Crippen MR) is 53.2 cm³/mol. The maximum Gasteiger partial charge on any atom is 0.443 e. The van der Waals surface area contributed by atoms with Crippen molar-refractivity contribution in [1.82, 2.24) is 15.0 Å². The third-order valence-corrected chi connectivity index (χ3v) is 2.99. The molecular weight excluding hydrogens is 255 g/mol. The summed E-state index contributed by atoms with van der Waals surface area (Å²) in [5.41, 5.74) is 0.185. The van der Waals surface area contributed by atoms with Crippen molar-refractivity contribution in [3.8, 4) is 0 Å². The van der Waals surface area contributed by atoms with Crippen LogP contribution in [0.25, 0.3) is 0 Å². The highest BCUT2D eigenvalue weighted by atomic mass is 32.1. The largest absolute Gasteiger partial charge is 0.443 e. The second-order valence-electron chi connectivity index (χ2n) is 3.10. The highest BCUT2D eigenvalue weighted by Gasteiger charge is 2.35. The van der Waals surface area contributed by atoms with Gasteiger partial charge in [0, 0.05) is 18.6 Å². The summed E-state index contributed by atoms with van der Waals surface area (Å²) in [6.07, 6.45) is -0.693. The zero-order valence-electron chi connectivity index (χ0n) is 8.22. The molecule has 0 bridgehead atoms. The molecule has 2 heterocycles. The SMILES string of the molecule is OC(c1cnccn1)c1cnc(C(F)(F)F)s1. The van der Waals surface area contributed by atoms with Crippen LogP contribution < -0.4 is 0 Å². The molecule has 0 aromatic carbocycles. The highest BCUT2D eigenvalue weighted by molar-refractivity contribution is 7.11. The average molecular weight is 261 g/mol. The van der Waals surface area contributed by atoms with Crippen LogP contribution in [0.2, 0.25) is 0 Å². The van der Waals surface area contributed by atoms with E-state index in [9.17, 15) is 18.3 Å². The Kier molecular flexibility index (Phi) is 3.07. The van der Waals surface area contributed by atoms with Crippen LogP contribution in [0.1, 0.15) is 21.7 Å². The number of aromatic nitrogens is 3. The van der Waals surface area contributed by atoms with Crippen molar-refractivity contribution in [2.75, 3.05) is 0 Å². The van der Waals surface area contributed by atoms with Gasteiger partial charge in [-0.2, -0.15) is 13.2 Å². The molecule has 0 aliphatic rings. The van der Waals surface area contributed by atoms with Crippen LogP contribution in [0.4, 0.5) is 13.2 Å². The van der Waals surface area contributed by atoms with Crippen LogP contribution in [-0.4, -0.2) is 20.1 Å². The number of nitrogens with zero attached hydrogens (tertiary/aromatic N) is 3. The lowest BCUT2D eigenvalue weighted by Gasteiger charge is -2.05. The Morgan fingerprint density at radius 1 is 1.18 bits per heavy atom. The van der Waals surface area contributed by atoms with Crippen LogP contribution in [0.3, 0.4) is 0 Å². The quantitative estimate of drug-likeness (QED) is 0.898. The first-order valence-electron chi connectivity index (χ1n) is 4.45. The van der Waals surface area contributed by atoms with Gasteiger partial charge in [0.2, 0.25) is 0 Å². The van der Waals surface area contributed by atoms with E-state index >= 15 is 0 Å². The molecule has 0 saturated carbocycles. The van der Waals surface area contributed by atoms with Gasteiger partial charge in [-0.25, -0.2) is 4.98 Å². The molecule has 0 saturated heterocycles. The molecular formula is C9H6F3N3OS. The molecule has 1 unspecified atom stereocenters. The van der Waals surface area contributed by atoms with E-state index in [1.165, 1.54) is 18.6 Å². The minimum atomic E-state index is -4.50. The average Bonchev–Trinajstić information content (AvgIpc) is 2.78. The molecule has 0 spiro atoms. The van der Waals surface area contributed by atoms with Crippen molar-refractivity contribution < 1.29 is 18.3 Å². The lowest BCUT2D eigenvalue weighted by Crippen LogP contribution is -2.03. The van der Waals surface area contributed by atoms with Crippen molar-refractivity contribution in [1.29, 1.82) is 0 Å². The Labute approximate surface area is 97.8 Å². The van der Waals surface area contributed by atoms with E-state index in [-0.39, 0.29) is 10.6 Å². The fourth-order valence-corrected chi connectivity index (χ4v) is 1.92. The molecule has 1 N–H and O–H groups in total. The summed E-state index contributed by atoms with van der Waals surface area (Å²) in [4.78, 5) is 10.8. The van der Waals surface area contributed by atoms with E-state index < -0.39 is 17.3 Å². The summed E-state index contributed by atoms with van der Waals surface area (Å²) in [5.74, 6) is 0. The Bertz CT molecular complexity index is 500. The molecule has 2 aromatic heterocycles. The third kappa shape index (κ3) is 2.59. The monoisotopic (exact) mass is 261 g/mol. The van der Waals surface area contributed by atoms with Gasteiger partial charge in [0.05, 0.1) is 16.8 Å². The van der Waals surface area contributed by atoms with E-state index in [1.807, 2.05) is 0 Å².